The molecule has 0 spiro atoms. The fourth-order valence-electron chi connectivity index (χ4n) is 3.69. The normalized spacial score (nSPS) is 16.7. The molecule has 0 aromatic carbocycles. The van der Waals surface area contributed by atoms with Gasteiger partial charge in [0, 0.05) is 27.1 Å². The van der Waals surface area contributed by atoms with Gasteiger partial charge in [-0.25, -0.2) is 0 Å². The van der Waals surface area contributed by atoms with Crippen molar-refractivity contribution in [2.75, 3.05) is 14.2 Å². The highest BCUT2D eigenvalue weighted by Crippen LogP contribution is 2.34. The summed E-state index contributed by atoms with van der Waals surface area (Å²) in [6.45, 7) is 2.27. The number of methoxy groups -OCH3 is 2. The Morgan fingerprint density at radius 3 is 1.95 bits per heavy atom. The Morgan fingerprint density at radius 2 is 1.38 bits per heavy atom. The number of hydrogen-bond acceptors (Lipinski definition) is 2. The lowest BCUT2D eigenvalue weighted by Crippen LogP contribution is -2.34. The van der Waals surface area contributed by atoms with Gasteiger partial charge in [0.2, 0.25) is 0 Å². The van der Waals surface area contributed by atoms with Crippen LogP contribution in [0.25, 0.3) is 0 Å². The summed E-state index contributed by atoms with van der Waals surface area (Å²) in [5.74, 6) is 0.607. The van der Waals surface area contributed by atoms with Crippen LogP contribution in [0.2, 0.25) is 0 Å². The van der Waals surface area contributed by atoms with E-state index in [0.29, 0.717) is 0 Å². The first-order valence-electron chi connectivity index (χ1n) is 9.36. The van der Waals surface area contributed by atoms with E-state index in [4.69, 9.17) is 9.47 Å². The fourth-order valence-corrected chi connectivity index (χ4v) is 3.69. The zero-order chi connectivity index (χ0) is 15.4. The third-order valence-corrected chi connectivity index (χ3v) is 5.31. The maximum Gasteiger partial charge on any atom is 0.167 e. The average Bonchev–Trinajstić information content (AvgIpc) is 3.03. The van der Waals surface area contributed by atoms with E-state index in [1.165, 1.54) is 77.0 Å². The lowest BCUT2D eigenvalue weighted by molar-refractivity contribution is -0.217. The van der Waals surface area contributed by atoms with Gasteiger partial charge in [0.1, 0.15) is 0 Å². The minimum atomic E-state index is -0.313. The molecule has 0 bridgehead atoms. The molecule has 0 aromatic heterocycles. The van der Waals surface area contributed by atoms with Crippen molar-refractivity contribution in [2.24, 2.45) is 5.92 Å². The molecule has 0 saturated heterocycles. The van der Waals surface area contributed by atoms with Crippen molar-refractivity contribution in [1.82, 2.24) is 0 Å². The van der Waals surface area contributed by atoms with Crippen LogP contribution in [-0.2, 0) is 9.47 Å². The van der Waals surface area contributed by atoms with Crippen molar-refractivity contribution in [3.8, 4) is 0 Å². The maximum atomic E-state index is 5.77. The van der Waals surface area contributed by atoms with Crippen LogP contribution in [0.4, 0.5) is 0 Å². The topological polar surface area (TPSA) is 18.5 Å². The van der Waals surface area contributed by atoms with Gasteiger partial charge in [-0.3, -0.25) is 0 Å². The second-order valence-corrected chi connectivity index (χ2v) is 6.88. The van der Waals surface area contributed by atoms with Gasteiger partial charge in [0.25, 0.3) is 0 Å². The zero-order valence-corrected chi connectivity index (χ0v) is 14.8. The first-order valence-corrected chi connectivity index (χ1v) is 9.36. The SMILES string of the molecule is CCCCCCCCCC(CCC1CCCC1)(OC)OC. The van der Waals surface area contributed by atoms with Gasteiger partial charge in [0.05, 0.1) is 0 Å². The van der Waals surface area contributed by atoms with Gasteiger partial charge in [0.15, 0.2) is 5.79 Å². The van der Waals surface area contributed by atoms with E-state index in [9.17, 15) is 0 Å². The molecular weight excluding hydrogens is 260 g/mol. The number of unbranched alkanes of at least 4 members (excludes halogenated alkanes) is 6. The zero-order valence-electron chi connectivity index (χ0n) is 14.8. The first-order chi connectivity index (χ1) is 10.3. The Kier molecular flexibility index (Phi) is 10.4. The van der Waals surface area contributed by atoms with E-state index in [1.807, 2.05) is 14.2 Å². The fraction of sp³-hybridized carbons (Fsp3) is 1.00. The Morgan fingerprint density at radius 1 is 0.810 bits per heavy atom. The first kappa shape index (κ1) is 19.0. The van der Waals surface area contributed by atoms with Crippen molar-refractivity contribution in [1.29, 1.82) is 0 Å². The predicted molar refractivity (Wildman–Crippen MR) is 90.6 cm³/mol. The number of hydrogen-bond donors (Lipinski definition) is 0. The van der Waals surface area contributed by atoms with E-state index in [1.54, 1.807) is 0 Å². The van der Waals surface area contributed by atoms with Crippen LogP contribution in [-0.4, -0.2) is 20.0 Å². The molecule has 126 valence electrons. The molecule has 2 heteroatoms. The third-order valence-electron chi connectivity index (χ3n) is 5.31. The summed E-state index contributed by atoms with van der Waals surface area (Å²) in [5, 5.41) is 0. The number of ether oxygens (including phenoxy) is 2. The Balaban J connectivity index is 2.17. The van der Waals surface area contributed by atoms with Crippen LogP contribution in [0.5, 0.6) is 0 Å². The van der Waals surface area contributed by atoms with Gasteiger partial charge < -0.3 is 9.47 Å². The third kappa shape index (κ3) is 7.65. The summed E-state index contributed by atoms with van der Waals surface area (Å²) in [7, 11) is 3.64. The van der Waals surface area contributed by atoms with E-state index in [2.05, 4.69) is 6.92 Å². The largest absolute Gasteiger partial charge is 0.353 e. The second kappa shape index (κ2) is 11.5. The quantitative estimate of drug-likeness (QED) is 0.303. The van der Waals surface area contributed by atoms with Gasteiger partial charge >= 0.3 is 0 Å². The van der Waals surface area contributed by atoms with Crippen LogP contribution in [0.3, 0.4) is 0 Å². The maximum absolute atomic E-state index is 5.77. The molecule has 1 fully saturated rings. The Labute approximate surface area is 133 Å². The molecule has 1 aliphatic rings. The molecule has 0 amide bonds. The molecule has 0 unspecified atom stereocenters. The average molecular weight is 299 g/mol. The van der Waals surface area contributed by atoms with Crippen LogP contribution in [0.1, 0.15) is 96.8 Å². The van der Waals surface area contributed by atoms with Crippen molar-refractivity contribution in [3.05, 3.63) is 0 Å². The van der Waals surface area contributed by atoms with E-state index < -0.39 is 0 Å². The van der Waals surface area contributed by atoms with Gasteiger partial charge in [-0.15, -0.1) is 0 Å². The van der Waals surface area contributed by atoms with Crippen molar-refractivity contribution < 1.29 is 9.47 Å². The monoisotopic (exact) mass is 298 g/mol. The summed E-state index contributed by atoms with van der Waals surface area (Å²) in [6, 6.07) is 0. The van der Waals surface area contributed by atoms with Gasteiger partial charge in [-0.05, 0) is 18.8 Å². The molecular formula is C19H38O2. The molecule has 0 radical (unpaired) electrons. The van der Waals surface area contributed by atoms with Crippen molar-refractivity contribution in [3.63, 3.8) is 0 Å². The molecule has 2 nitrogen and oxygen atoms in total. The lowest BCUT2D eigenvalue weighted by atomic mass is 9.94. The summed E-state index contributed by atoms with van der Waals surface area (Å²) >= 11 is 0. The summed E-state index contributed by atoms with van der Waals surface area (Å²) in [4.78, 5) is 0. The molecule has 1 aliphatic carbocycles. The van der Waals surface area contributed by atoms with Crippen LogP contribution >= 0.6 is 0 Å². The minimum Gasteiger partial charge on any atom is -0.353 e. The molecule has 0 aromatic rings. The van der Waals surface area contributed by atoms with E-state index >= 15 is 0 Å². The van der Waals surface area contributed by atoms with Crippen LogP contribution in [0.15, 0.2) is 0 Å². The van der Waals surface area contributed by atoms with Crippen LogP contribution in [0, 0.1) is 5.92 Å². The Bertz CT molecular complexity index is 230. The molecule has 0 atom stereocenters. The molecule has 0 N–H and O–H groups in total. The van der Waals surface area contributed by atoms with Crippen LogP contribution < -0.4 is 0 Å². The van der Waals surface area contributed by atoms with E-state index in [0.717, 1.165) is 18.8 Å². The van der Waals surface area contributed by atoms with Gasteiger partial charge in [-0.2, -0.15) is 0 Å². The second-order valence-electron chi connectivity index (χ2n) is 6.88. The molecule has 1 saturated carbocycles. The number of rotatable bonds is 13. The highest BCUT2D eigenvalue weighted by Gasteiger charge is 2.30. The smallest absolute Gasteiger partial charge is 0.167 e. The molecule has 21 heavy (non-hydrogen) atoms. The Hall–Kier alpha value is -0.0800. The highest BCUT2D eigenvalue weighted by atomic mass is 16.7. The standard InChI is InChI=1S/C19H38O2/c1-4-5-6-7-8-9-12-16-19(20-2,21-3)17-15-18-13-10-11-14-18/h18H,4-17H2,1-3H3. The van der Waals surface area contributed by atoms with Gasteiger partial charge in [-0.1, -0.05) is 71.1 Å². The molecule has 0 aliphatic heterocycles. The minimum absolute atomic E-state index is 0.313. The molecule has 1 rings (SSSR count). The lowest BCUT2D eigenvalue weighted by Gasteiger charge is -2.32. The van der Waals surface area contributed by atoms with Crippen molar-refractivity contribution in [2.45, 2.75) is 103 Å². The van der Waals surface area contributed by atoms with Crippen molar-refractivity contribution >= 4 is 0 Å². The summed E-state index contributed by atoms with van der Waals surface area (Å²) in [6.07, 6.45) is 18.5. The highest BCUT2D eigenvalue weighted by molar-refractivity contribution is 4.75. The molecule has 0 heterocycles. The summed E-state index contributed by atoms with van der Waals surface area (Å²) in [5.41, 5.74) is 0. The predicted octanol–water partition coefficient (Wildman–Crippen LogP) is 6.09. The summed E-state index contributed by atoms with van der Waals surface area (Å²) < 4.78 is 11.5. The van der Waals surface area contributed by atoms with E-state index in [-0.39, 0.29) is 5.79 Å².